The minimum absolute atomic E-state index is 0.172. The third kappa shape index (κ3) is 3.58. The number of H-pyrrole nitrogens is 1. The predicted octanol–water partition coefficient (Wildman–Crippen LogP) is 2.20. The van der Waals surface area contributed by atoms with Crippen LogP contribution in [0.15, 0.2) is 23.7 Å². The second kappa shape index (κ2) is 6.53. The summed E-state index contributed by atoms with van der Waals surface area (Å²) >= 11 is 1.69. The summed E-state index contributed by atoms with van der Waals surface area (Å²) in [6.45, 7) is 2.41. The predicted molar refractivity (Wildman–Crippen MR) is 81.1 cm³/mol. The number of carbonyl (C=O) groups excluding carboxylic acids is 1. The number of nitrogens with zero attached hydrogens (tertiary/aromatic N) is 2. The zero-order chi connectivity index (χ0) is 14.5. The summed E-state index contributed by atoms with van der Waals surface area (Å²) in [4.78, 5) is 15.2. The molecular formula is C13H19N5OS. The van der Waals surface area contributed by atoms with Gasteiger partial charge in [-0.3, -0.25) is 5.10 Å². The molecule has 0 radical (unpaired) electrons. The molecule has 0 saturated heterocycles. The summed E-state index contributed by atoms with van der Waals surface area (Å²) in [6.07, 6.45) is 1.59. The van der Waals surface area contributed by atoms with E-state index in [-0.39, 0.29) is 12.1 Å². The number of amides is 2. The standard InChI is InChI=1S/C13H19N5OS/c1-9-10(7-15-17-9)16-13(19)14-8-11(18(2)3)12-5-4-6-20-12/h4-7,11H,8H2,1-3H3,(H,15,17)(H2,14,16,19)/t11-/m1/s1. The van der Waals surface area contributed by atoms with Crippen LogP contribution in [0, 0.1) is 6.92 Å². The zero-order valence-electron chi connectivity index (χ0n) is 11.8. The van der Waals surface area contributed by atoms with Crippen LogP contribution in [0.25, 0.3) is 0 Å². The van der Waals surface area contributed by atoms with Gasteiger partial charge in [0.2, 0.25) is 0 Å². The van der Waals surface area contributed by atoms with Gasteiger partial charge in [0.05, 0.1) is 23.6 Å². The zero-order valence-corrected chi connectivity index (χ0v) is 12.6. The molecule has 0 spiro atoms. The summed E-state index contributed by atoms with van der Waals surface area (Å²) in [6, 6.07) is 4.05. The van der Waals surface area contributed by atoms with Gasteiger partial charge in [-0.2, -0.15) is 5.10 Å². The Morgan fingerprint density at radius 1 is 1.55 bits per heavy atom. The fraction of sp³-hybridized carbons (Fsp3) is 0.385. The number of aromatic nitrogens is 2. The van der Waals surface area contributed by atoms with Crippen molar-refractivity contribution in [3.8, 4) is 0 Å². The van der Waals surface area contributed by atoms with E-state index in [1.165, 1.54) is 4.88 Å². The van der Waals surface area contributed by atoms with Gasteiger partial charge < -0.3 is 15.5 Å². The first-order chi connectivity index (χ1) is 9.58. The molecule has 2 heterocycles. The molecule has 7 heteroatoms. The average Bonchev–Trinajstić information content (AvgIpc) is 3.02. The van der Waals surface area contributed by atoms with E-state index < -0.39 is 0 Å². The summed E-state index contributed by atoms with van der Waals surface area (Å²) < 4.78 is 0. The number of thiophene rings is 1. The summed E-state index contributed by atoms with van der Waals surface area (Å²) in [5.41, 5.74) is 1.53. The van der Waals surface area contributed by atoms with Crippen LogP contribution >= 0.6 is 11.3 Å². The highest BCUT2D eigenvalue weighted by molar-refractivity contribution is 7.10. The number of aromatic amines is 1. The molecule has 0 unspecified atom stereocenters. The first kappa shape index (κ1) is 14.5. The number of anilines is 1. The first-order valence-electron chi connectivity index (χ1n) is 6.32. The van der Waals surface area contributed by atoms with Crippen molar-refractivity contribution in [3.05, 3.63) is 34.3 Å². The third-order valence-electron chi connectivity index (χ3n) is 3.03. The Balaban J connectivity index is 1.90. The van der Waals surface area contributed by atoms with Crippen LogP contribution in [0.5, 0.6) is 0 Å². The molecule has 20 heavy (non-hydrogen) atoms. The number of hydrogen-bond donors (Lipinski definition) is 3. The van der Waals surface area contributed by atoms with Gasteiger partial charge in [-0.1, -0.05) is 6.07 Å². The quantitative estimate of drug-likeness (QED) is 0.791. The van der Waals surface area contributed by atoms with E-state index in [0.717, 1.165) is 5.69 Å². The summed E-state index contributed by atoms with van der Waals surface area (Å²) in [7, 11) is 4.01. The van der Waals surface area contributed by atoms with Crippen LogP contribution in [0.2, 0.25) is 0 Å². The lowest BCUT2D eigenvalue weighted by molar-refractivity contribution is 0.244. The number of hydrogen-bond acceptors (Lipinski definition) is 4. The Hall–Kier alpha value is -1.86. The van der Waals surface area contributed by atoms with Crippen molar-refractivity contribution >= 4 is 23.1 Å². The molecule has 0 aliphatic heterocycles. The number of likely N-dealkylation sites (N-methyl/N-ethyl adjacent to an activating group) is 1. The van der Waals surface area contributed by atoms with Crippen molar-refractivity contribution in [1.29, 1.82) is 0 Å². The molecule has 2 aromatic rings. The Kier molecular flexibility index (Phi) is 4.75. The van der Waals surface area contributed by atoms with Crippen molar-refractivity contribution in [3.63, 3.8) is 0 Å². The number of carbonyl (C=O) groups is 1. The van der Waals surface area contributed by atoms with Crippen LogP contribution in [-0.4, -0.2) is 41.8 Å². The monoisotopic (exact) mass is 293 g/mol. The van der Waals surface area contributed by atoms with Crippen LogP contribution in [0.3, 0.4) is 0 Å². The summed E-state index contributed by atoms with van der Waals surface area (Å²) in [5, 5.41) is 14.3. The number of rotatable bonds is 5. The second-order valence-corrected chi connectivity index (χ2v) is 5.72. The van der Waals surface area contributed by atoms with Gasteiger partial charge in [0, 0.05) is 11.4 Å². The van der Waals surface area contributed by atoms with Crippen LogP contribution in [-0.2, 0) is 0 Å². The maximum Gasteiger partial charge on any atom is 0.319 e. The Labute approximate surface area is 122 Å². The highest BCUT2D eigenvalue weighted by atomic mass is 32.1. The minimum Gasteiger partial charge on any atom is -0.336 e. The van der Waals surface area contributed by atoms with Crippen LogP contribution in [0.4, 0.5) is 10.5 Å². The van der Waals surface area contributed by atoms with Gasteiger partial charge in [0.15, 0.2) is 0 Å². The Morgan fingerprint density at radius 2 is 2.35 bits per heavy atom. The Morgan fingerprint density at radius 3 is 2.90 bits per heavy atom. The van der Waals surface area contributed by atoms with Crippen molar-refractivity contribution in [2.45, 2.75) is 13.0 Å². The van der Waals surface area contributed by atoms with E-state index in [1.807, 2.05) is 32.5 Å². The third-order valence-corrected chi connectivity index (χ3v) is 4.00. The van der Waals surface area contributed by atoms with Gasteiger partial charge in [0.1, 0.15) is 0 Å². The second-order valence-electron chi connectivity index (χ2n) is 4.74. The van der Waals surface area contributed by atoms with Crippen LogP contribution in [0.1, 0.15) is 16.6 Å². The van der Waals surface area contributed by atoms with E-state index in [2.05, 4.69) is 31.8 Å². The molecule has 0 saturated carbocycles. The summed E-state index contributed by atoms with van der Waals surface area (Å²) in [5.74, 6) is 0. The lowest BCUT2D eigenvalue weighted by atomic mass is 10.2. The molecule has 0 aromatic carbocycles. The van der Waals surface area contributed by atoms with Crippen molar-refractivity contribution < 1.29 is 4.79 Å². The van der Waals surface area contributed by atoms with Crippen molar-refractivity contribution in [2.75, 3.05) is 26.0 Å². The van der Waals surface area contributed by atoms with E-state index in [0.29, 0.717) is 12.2 Å². The highest BCUT2D eigenvalue weighted by Gasteiger charge is 2.16. The number of urea groups is 1. The number of nitrogens with one attached hydrogen (secondary N) is 3. The molecular weight excluding hydrogens is 274 g/mol. The van der Waals surface area contributed by atoms with Gasteiger partial charge in [0.25, 0.3) is 0 Å². The van der Waals surface area contributed by atoms with Gasteiger partial charge in [-0.25, -0.2) is 4.79 Å². The molecule has 2 aromatic heterocycles. The SMILES string of the molecule is Cc1[nH]ncc1NC(=O)NC[C@H](c1cccs1)N(C)C. The molecule has 2 rings (SSSR count). The van der Waals surface area contributed by atoms with E-state index in [1.54, 1.807) is 17.5 Å². The van der Waals surface area contributed by atoms with Crippen molar-refractivity contribution in [2.24, 2.45) is 0 Å². The molecule has 2 amide bonds. The largest absolute Gasteiger partial charge is 0.336 e. The fourth-order valence-electron chi connectivity index (χ4n) is 1.85. The van der Waals surface area contributed by atoms with Gasteiger partial charge in [-0.05, 0) is 32.5 Å². The van der Waals surface area contributed by atoms with Gasteiger partial charge >= 0.3 is 6.03 Å². The fourth-order valence-corrected chi connectivity index (χ4v) is 2.77. The molecule has 108 valence electrons. The van der Waals surface area contributed by atoms with E-state index in [4.69, 9.17) is 0 Å². The molecule has 0 fully saturated rings. The highest BCUT2D eigenvalue weighted by Crippen LogP contribution is 2.22. The van der Waals surface area contributed by atoms with E-state index in [9.17, 15) is 4.79 Å². The smallest absolute Gasteiger partial charge is 0.319 e. The lowest BCUT2D eigenvalue weighted by Gasteiger charge is -2.23. The average molecular weight is 293 g/mol. The van der Waals surface area contributed by atoms with E-state index >= 15 is 0 Å². The minimum atomic E-state index is -0.224. The molecule has 1 atom stereocenters. The van der Waals surface area contributed by atoms with Crippen molar-refractivity contribution in [1.82, 2.24) is 20.4 Å². The van der Waals surface area contributed by atoms with Gasteiger partial charge in [-0.15, -0.1) is 11.3 Å². The normalized spacial score (nSPS) is 12.4. The topological polar surface area (TPSA) is 73.0 Å². The molecule has 0 bridgehead atoms. The maximum atomic E-state index is 11.9. The Bertz CT molecular complexity index is 549. The first-order valence-corrected chi connectivity index (χ1v) is 7.20. The molecule has 3 N–H and O–H groups in total. The molecule has 6 nitrogen and oxygen atoms in total. The van der Waals surface area contributed by atoms with Crippen LogP contribution < -0.4 is 10.6 Å². The number of aryl methyl sites for hydroxylation is 1. The molecule has 0 aliphatic carbocycles. The maximum absolute atomic E-state index is 11.9. The lowest BCUT2D eigenvalue weighted by Crippen LogP contribution is -2.36. The molecule has 0 aliphatic rings.